The number of methoxy groups -OCH3 is 1. The molecule has 0 heterocycles. The molecule has 0 spiro atoms. The van der Waals surface area contributed by atoms with Crippen LogP contribution < -0.4 is 4.74 Å². The van der Waals surface area contributed by atoms with Crippen molar-refractivity contribution in [2.24, 2.45) is 0 Å². The Hall–Kier alpha value is -1.49. The second kappa shape index (κ2) is 4.66. The first-order valence-corrected chi connectivity index (χ1v) is 3.75. The minimum atomic E-state index is -1.21. The first-order chi connectivity index (χ1) is 6.70. The lowest BCUT2D eigenvalue weighted by atomic mass is 10.2. The third-order valence-corrected chi connectivity index (χ3v) is 1.54. The van der Waals surface area contributed by atoms with Crippen molar-refractivity contribution in [2.75, 3.05) is 13.9 Å². The first kappa shape index (κ1) is 10.6. The Morgan fingerprint density at radius 1 is 1.43 bits per heavy atom. The average molecular weight is 202 g/mol. The summed E-state index contributed by atoms with van der Waals surface area (Å²) >= 11 is 0. The Labute approximate surface area is 79.2 Å². The number of benzene rings is 1. The summed E-state index contributed by atoms with van der Waals surface area (Å²) in [5.74, 6) is -2.34. The maximum atomic E-state index is 13.0. The molecule has 0 radical (unpaired) electrons. The first-order valence-electron chi connectivity index (χ1n) is 3.75. The van der Waals surface area contributed by atoms with Gasteiger partial charge in [0, 0.05) is 7.11 Å². The minimum absolute atomic E-state index is 0.0410. The van der Waals surface area contributed by atoms with Crippen LogP contribution in [0.25, 0.3) is 0 Å². The number of hydrogen-bond donors (Lipinski definition) is 0. The van der Waals surface area contributed by atoms with Crippen molar-refractivity contribution in [3.05, 3.63) is 29.3 Å². The van der Waals surface area contributed by atoms with Crippen molar-refractivity contribution < 1.29 is 23.0 Å². The van der Waals surface area contributed by atoms with E-state index in [1.807, 2.05) is 0 Å². The lowest BCUT2D eigenvalue weighted by molar-refractivity contribution is 0.0501. The van der Waals surface area contributed by atoms with E-state index < -0.39 is 17.2 Å². The van der Waals surface area contributed by atoms with Gasteiger partial charge < -0.3 is 9.47 Å². The highest BCUT2D eigenvalue weighted by Crippen LogP contribution is 2.21. The van der Waals surface area contributed by atoms with Crippen LogP contribution in [0.15, 0.2) is 12.1 Å². The average Bonchev–Trinajstić information content (AvgIpc) is 2.20. The quantitative estimate of drug-likeness (QED) is 0.551. The molecule has 0 saturated heterocycles. The summed E-state index contributed by atoms with van der Waals surface area (Å²) in [6.07, 6.45) is 0.198. The van der Waals surface area contributed by atoms with Crippen LogP contribution in [0.4, 0.5) is 8.78 Å². The fourth-order valence-corrected chi connectivity index (χ4v) is 0.907. The minimum Gasteiger partial charge on any atom is -0.467 e. The highest BCUT2D eigenvalue weighted by atomic mass is 19.2. The molecule has 5 heteroatoms. The van der Waals surface area contributed by atoms with E-state index in [9.17, 15) is 13.6 Å². The van der Waals surface area contributed by atoms with Crippen molar-refractivity contribution in [1.82, 2.24) is 0 Å². The van der Waals surface area contributed by atoms with Crippen LogP contribution >= 0.6 is 0 Å². The Balaban J connectivity index is 3.04. The van der Waals surface area contributed by atoms with Gasteiger partial charge in [-0.3, -0.25) is 4.79 Å². The molecular formula is C9H8F2O3. The monoisotopic (exact) mass is 202 g/mol. The van der Waals surface area contributed by atoms with Gasteiger partial charge in [0.2, 0.25) is 0 Å². The van der Waals surface area contributed by atoms with Crippen molar-refractivity contribution in [2.45, 2.75) is 0 Å². The van der Waals surface area contributed by atoms with Gasteiger partial charge in [0.1, 0.15) is 5.75 Å². The molecule has 0 saturated carbocycles. The zero-order valence-corrected chi connectivity index (χ0v) is 7.42. The van der Waals surface area contributed by atoms with Crippen LogP contribution in [0.1, 0.15) is 10.4 Å². The summed E-state index contributed by atoms with van der Waals surface area (Å²) in [4.78, 5) is 10.4. The number of carbonyl (C=O) groups excluding carboxylic acids is 1. The van der Waals surface area contributed by atoms with Gasteiger partial charge >= 0.3 is 0 Å². The van der Waals surface area contributed by atoms with Gasteiger partial charge in [-0.05, 0) is 12.1 Å². The van der Waals surface area contributed by atoms with E-state index >= 15 is 0 Å². The molecule has 0 amide bonds. The van der Waals surface area contributed by atoms with Crippen LogP contribution in [0, 0.1) is 11.6 Å². The lowest BCUT2D eigenvalue weighted by Gasteiger charge is -2.07. The number of carbonyl (C=O) groups is 1. The van der Waals surface area contributed by atoms with E-state index in [1.54, 1.807) is 0 Å². The fourth-order valence-electron chi connectivity index (χ4n) is 0.907. The summed E-state index contributed by atoms with van der Waals surface area (Å²) in [7, 11) is 1.38. The number of aldehydes is 1. The van der Waals surface area contributed by atoms with Gasteiger partial charge in [0.05, 0.1) is 5.56 Å². The molecule has 0 aliphatic heterocycles. The van der Waals surface area contributed by atoms with Gasteiger partial charge in [0.15, 0.2) is 24.7 Å². The van der Waals surface area contributed by atoms with Gasteiger partial charge in [-0.2, -0.15) is 0 Å². The molecule has 1 aromatic carbocycles. The summed E-state index contributed by atoms with van der Waals surface area (Å²) in [5.41, 5.74) is -0.443. The van der Waals surface area contributed by atoms with Crippen LogP contribution in [-0.4, -0.2) is 20.2 Å². The predicted octanol–water partition coefficient (Wildman–Crippen LogP) is 1.76. The fraction of sp³-hybridized carbons (Fsp3) is 0.222. The molecule has 0 bridgehead atoms. The summed E-state index contributed by atoms with van der Waals surface area (Å²) < 4.78 is 35.0. The zero-order valence-electron chi connectivity index (χ0n) is 7.42. The molecule has 1 rings (SSSR count). The standard InChI is InChI=1S/C9H8F2O3/c1-13-5-14-8-3-2-7(10)9(11)6(8)4-12/h2-4H,5H2,1H3. The summed E-state index contributed by atoms with van der Waals surface area (Å²) in [5, 5.41) is 0. The van der Waals surface area contributed by atoms with Crippen LogP contribution in [0.2, 0.25) is 0 Å². The Morgan fingerprint density at radius 3 is 2.71 bits per heavy atom. The largest absolute Gasteiger partial charge is 0.467 e. The summed E-state index contributed by atoms with van der Waals surface area (Å²) in [6.45, 7) is -0.133. The SMILES string of the molecule is COCOc1ccc(F)c(F)c1C=O. The number of rotatable bonds is 4. The zero-order chi connectivity index (χ0) is 10.6. The molecule has 0 aromatic heterocycles. The van der Waals surface area contributed by atoms with Crippen LogP contribution in [-0.2, 0) is 4.74 Å². The van der Waals surface area contributed by atoms with E-state index in [0.717, 1.165) is 6.07 Å². The highest BCUT2D eigenvalue weighted by molar-refractivity contribution is 5.79. The lowest BCUT2D eigenvalue weighted by Crippen LogP contribution is -2.04. The summed E-state index contributed by atoms with van der Waals surface area (Å²) in [6, 6.07) is 2.05. The molecule has 1 aromatic rings. The van der Waals surface area contributed by atoms with E-state index in [2.05, 4.69) is 4.74 Å². The van der Waals surface area contributed by atoms with E-state index in [1.165, 1.54) is 13.2 Å². The van der Waals surface area contributed by atoms with Gasteiger partial charge in [-0.15, -0.1) is 0 Å². The normalized spacial score (nSPS) is 9.93. The predicted molar refractivity (Wildman–Crippen MR) is 44.2 cm³/mol. The van der Waals surface area contributed by atoms with Gasteiger partial charge in [-0.25, -0.2) is 8.78 Å². The van der Waals surface area contributed by atoms with E-state index in [0.29, 0.717) is 0 Å². The molecule has 0 fully saturated rings. The van der Waals surface area contributed by atoms with E-state index in [4.69, 9.17) is 4.74 Å². The van der Waals surface area contributed by atoms with Crippen molar-refractivity contribution in [3.8, 4) is 5.75 Å². The Bertz CT molecular complexity index is 339. The Morgan fingerprint density at radius 2 is 2.14 bits per heavy atom. The van der Waals surface area contributed by atoms with Gasteiger partial charge in [-0.1, -0.05) is 0 Å². The van der Waals surface area contributed by atoms with Crippen molar-refractivity contribution in [3.63, 3.8) is 0 Å². The van der Waals surface area contributed by atoms with Crippen LogP contribution in [0.3, 0.4) is 0 Å². The molecule has 14 heavy (non-hydrogen) atoms. The second-order valence-electron chi connectivity index (χ2n) is 2.44. The Kier molecular flexibility index (Phi) is 3.53. The highest BCUT2D eigenvalue weighted by Gasteiger charge is 2.13. The second-order valence-corrected chi connectivity index (χ2v) is 2.44. The smallest absolute Gasteiger partial charge is 0.188 e. The molecule has 3 nitrogen and oxygen atoms in total. The molecule has 76 valence electrons. The maximum Gasteiger partial charge on any atom is 0.188 e. The molecule has 0 N–H and O–H groups in total. The number of halogens is 2. The molecule has 0 atom stereocenters. The molecule has 0 unspecified atom stereocenters. The number of hydrogen-bond acceptors (Lipinski definition) is 3. The third-order valence-electron chi connectivity index (χ3n) is 1.54. The maximum absolute atomic E-state index is 13.0. The van der Waals surface area contributed by atoms with Crippen molar-refractivity contribution in [1.29, 1.82) is 0 Å². The molecular weight excluding hydrogens is 194 g/mol. The van der Waals surface area contributed by atoms with E-state index in [-0.39, 0.29) is 18.8 Å². The number of ether oxygens (including phenoxy) is 2. The topological polar surface area (TPSA) is 35.5 Å². The molecule has 0 aliphatic rings. The van der Waals surface area contributed by atoms with Gasteiger partial charge in [0.25, 0.3) is 0 Å². The van der Waals surface area contributed by atoms with Crippen LogP contribution in [0.5, 0.6) is 5.75 Å². The van der Waals surface area contributed by atoms with Crippen molar-refractivity contribution >= 4 is 6.29 Å². The third kappa shape index (κ3) is 2.05. The molecule has 0 aliphatic carbocycles.